The summed E-state index contributed by atoms with van der Waals surface area (Å²) in [5.41, 5.74) is 0. The van der Waals surface area contributed by atoms with Crippen LogP contribution in [0.3, 0.4) is 0 Å². The number of ether oxygens (including phenoxy) is 4. The summed E-state index contributed by atoms with van der Waals surface area (Å²) < 4.78 is 22.3. The summed E-state index contributed by atoms with van der Waals surface area (Å²) in [6.07, 6.45) is 25.2. The van der Waals surface area contributed by atoms with Gasteiger partial charge in [0.25, 0.3) is 0 Å². The molecule has 0 saturated heterocycles. The zero-order chi connectivity index (χ0) is 34.3. The molecule has 0 aromatic heterocycles. The van der Waals surface area contributed by atoms with Gasteiger partial charge in [0.15, 0.2) is 12.4 Å². The predicted octanol–water partition coefficient (Wildman–Crippen LogP) is 6.82. The largest absolute Gasteiger partial charge is 0.545 e. The molecule has 0 aliphatic carbocycles. The third-order valence-corrected chi connectivity index (χ3v) is 7.45. The second kappa shape index (κ2) is 30.1. The number of aliphatic carboxylic acids is 1. The molecule has 2 unspecified atom stereocenters. The Morgan fingerprint density at radius 3 is 1.76 bits per heavy atom. The van der Waals surface area contributed by atoms with Gasteiger partial charge in [-0.25, -0.2) is 0 Å². The average molecular weight is 654 g/mol. The molecule has 0 radical (unpaired) electrons. The third kappa shape index (κ3) is 30.4. The quantitative estimate of drug-likeness (QED) is 0.0256. The van der Waals surface area contributed by atoms with E-state index in [1.54, 1.807) is 0 Å². The van der Waals surface area contributed by atoms with Crippen LogP contribution < -0.4 is 5.11 Å². The Balaban J connectivity index is 4.53. The highest BCUT2D eigenvalue weighted by Crippen LogP contribution is 2.12. The Morgan fingerprint density at radius 1 is 0.652 bits per heavy atom. The number of carboxylic acid groups (broad SMARTS) is 1. The first-order valence-electron chi connectivity index (χ1n) is 18.0. The van der Waals surface area contributed by atoms with Crippen LogP contribution in [0.4, 0.5) is 0 Å². The summed E-state index contributed by atoms with van der Waals surface area (Å²) >= 11 is 0. The minimum absolute atomic E-state index is 0.146. The standard InChI is InChI=1S/C37H67NO8/c1-6-8-10-12-14-15-16-17-18-19-20-21-22-24-26-28-35(40)46-33(31-44-34(39)27-25-23-13-11-9-7-2)32-45-37(36(41)42)43-30-29-38(3,4)5/h14-15,17-18,33,37H,6-13,16,19-32H2,1-5H3/b15-14-,18-17-. The van der Waals surface area contributed by atoms with Gasteiger partial charge in [0, 0.05) is 12.8 Å². The molecule has 0 aliphatic rings. The van der Waals surface area contributed by atoms with Gasteiger partial charge in [0.05, 0.1) is 40.3 Å². The Labute approximate surface area is 280 Å². The highest BCUT2D eigenvalue weighted by Gasteiger charge is 2.21. The van der Waals surface area contributed by atoms with Gasteiger partial charge >= 0.3 is 11.9 Å². The zero-order valence-corrected chi connectivity index (χ0v) is 29.9. The molecule has 0 bridgehead atoms. The molecule has 0 N–H and O–H groups in total. The van der Waals surface area contributed by atoms with E-state index in [0.29, 0.717) is 17.4 Å². The number of unbranched alkanes of at least 4 members (excludes halogenated alkanes) is 13. The van der Waals surface area contributed by atoms with Crippen LogP contribution in [-0.2, 0) is 33.3 Å². The fraction of sp³-hybridized carbons (Fsp3) is 0.811. The van der Waals surface area contributed by atoms with E-state index in [4.69, 9.17) is 18.9 Å². The molecular formula is C37H67NO8. The Bertz CT molecular complexity index is 821. The Hall–Kier alpha value is -2.23. The van der Waals surface area contributed by atoms with Gasteiger partial charge in [-0.05, 0) is 44.9 Å². The molecule has 0 heterocycles. The number of carbonyl (C=O) groups is 3. The summed E-state index contributed by atoms with van der Waals surface area (Å²) in [4.78, 5) is 36.5. The SMILES string of the molecule is CCCCC/C=C\C/C=C\CCCCCCCC(=O)OC(COC(=O)CCCCCCCC)COC(OCC[N+](C)(C)C)C(=O)[O-]. The normalized spacial score (nSPS) is 13.3. The first kappa shape index (κ1) is 43.8. The molecule has 0 fully saturated rings. The lowest BCUT2D eigenvalue weighted by Crippen LogP contribution is -2.44. The van der Waals surface area contributed by atoms with E-state index in [1.807, 2.05) is 21.1 Å². The van der Waals surface area contributed by atoms with Crippen LogP contribution in [0.2, 0.25) is 0 Å². The molecule has 46 heavy (non-hydrogen) atoms. The number of carboxylic acids is 1. The van der Waals surface area contributed by atoms with Gasteiger partial charge in [0.2, 0.25) is 0 Å². The van der Waals surface area contributed by atoms with E-state index < -0.39 is 24.3 Å². The second-order valence-electron chi connectivity index (χ2n) is 13.2. The van der Waals surface area contributed by atoms with Gasteiger partial charge in [-0.3, -0.25) is 9.59 Å². The topological polar surface area (TPSA) is 111 Å². The maximum atomic E-state index is 12.6. The van der Waals surface area contributed by atoms with E-state index in [0.717, 1.165) is 64.2 Å². The molecule has 0 aromatic rings. The lowest BCUT2D eigenvalue weighted by molar-refractivity contribution is -0.870. The molecule has 9 heteroatoms. The maximum Gasteiger partial charge on any atom is 0.306 e. The summed E-state index contributed by atoms with van der Waals surface area (Å²) in [5.74, 6) is -2.32. The van der Waals surface area contributed by atoms with Crippen LogP contribution in [-0.4, -0.2) is 82.3 Å². The van der Waals surface area contributed by atoms with Crippen LogP contribution in [0.1, 0.15) is 136 Å². The summed E-state index contributed by atoms with van der Waals surface area (Å²) in [6.45, 7) is 4.59. The molecule has 0 spiro atoms. The first-order valence-corrected chi connectivity index (χ1v) is 18.0. The average Bonchev–Trinajstić information content (AvgIpc) is 3.00. The van der Waals surface area contributed by atoms with Gasteiger partial charge in [-0.15, -0.1) is 0 Å². The molecule has 0 saturated carbocycles. The van der Waals surface area contributed by atoms with Gasteiger partial charge in [-0.1, -0.05) is 102 Å². The van der Waals surface area contributed by atoms with E-state index in [1.165, 1.54) is 38.5 Å². The van der Waals surface area contributed by atoms with Gasteiger partial charge in [0.1, 0.15) is 13.2 Å². The van der Waals surface area contributed by atoms with Gasteiger partial charge < -0.3 is 33.3 Å². The van der Waals surface area contributed by atoms with Crippen molar-refractivity contribution < 1.29 is 42.9 Å². The zero-order valence-electron chi connectivity index (χ0n) is 29.9. The number of quaternary nitrogens is 1. The van der Waals surface area contributed by atoms with Crippen molar-refractivity contribution in [1.82, 2.24) is 0 Å². The van der Waals surface area contributed by atoms with E-state index in [2.05, 4.69) is 38.2 Å². The molecular weight excluding hydrogens is 586 g/mol. The van der Waals surface area contributed by atoms with Gasteiger partial charge in [-0.2, -0.15) is 0 Å². The monoisotopic (exact) mass is 653 g/mol. The van der Waals surface area contributed by atoms with Crippen molar-refractivity contribution in [3.8, 4) is 0 Å². The fourth-order valence-electron chi connectivity index (χ4n) is 4.56. The second-order valence-corrected chi connectivity index (χ2v) is 13.2. The summed E-state index contributed by atoms with van der Waals surface area (Å²) in [5, 5.41) is 11.6. The van der Waals surface area contributed by atoms with Crippen molar-refractivity contribution in [3.63, 3.8) is 0 Å². The lowest BCUT2D eigenvalue weighted by atomic mass is 10.1. The number of carbonyl (C=O) groups excluding carboxylic acids is 3. The minimum atomic E-state index is -1.62. The molecule has 0 aromatic carbocycles. The highest BCUT2D eigenvalue weighted by atomic mass is 16.7. The molecule has 2 atom stereocenters. The van der Waals surface area contributed by atoms with Crippen molar-refractivity contribution >= 4 is 17.9 Å². The van der Waals surface area contributed by atoms with Crippen molar-refractivity contribution in [2.75, 3.05) is 47.5 Å². The van der Waals surface area contributed by atoms with Crippen LogP contribution in [0.15, 0.2) is 24.3 Å². The number of hydrogen-bond donors (Lipinski definition) is 0. The van der Waals surface area contributed by atoms with E-state index in [-0.39, 0.29) is 38.6 Å². The van der Waals surface area contributed by atoms with Crippen LogP contribution >= 0.6 is 0 Å². The minimum Gasteiger partial charge on any atom is -0.545 e. The molecule has 0 rings (SSSR count). The molecule has 0 aliphatic heterocycles. The number of rotatable bonds is 32. The Morgan fingerprint density at radius 2 is 1.17 bits per heavy atom. The Kier molecular flexibility index (Phi) is 28.7. The third-order valence-electron chi connectivity index (χ3n) is 7.45. The van der Waals surface area contributed by atoms with Crippen LogP contribution in [0, 0.1) is 0 Å². The van der Waals surface area contributed by atoms with Crippen molar-refractivity contribution in [3.05, 3.63) is 24.3 Å². The number of hydrogen-bond acceptors (Lipinski definition) is 8. The van der Waals surface area contributed by atoms with Crippen LogP contribution in [0.5, 0.6) is 0 Å². The van der Waals surface area contributed by atoms with Crippen molar-refractivity contribution in [2.24, 2.45) is 0 Å². The number of esters is 2. The van der Waals surface area contributed by atoms with Crippen molar-refractivity contribution in [2.45, 2.75) is 148 Å². The maximum absolute atomic E-state index is 12.6. The van der Waals surface area contributed by atoms with Crippen molar-refractivity contribution in [1.29, 1.82) is 0 Å². The smallest absolute Gasteiger partial charge is 0.306 e. The predicted molar refractivity (Wildman–Crippen MR) is 182 cm³/mol. The molecule has 0 amide bonds. The summed E-state index contributed by atoms with van der Waals surface area (Å²) in [7, 11) is 5.88. The number of likely N-dealkylation sites (N-methyl/N-ethyl adjacent to an activating group) is 1. The first-order chi connectivity index (χ1) is 22.1. The highest BCUT2D eigenvalue weighted by molar-refractivity contribution is 5.70. The van der Waals surface area contributed by atoms with E-state index >= 15 is 0 Å². The summed E-state index contributed by atoms with van der Waals surface area (Å²) in [6, 6.07) is 0. The molecule has 268 valence electrons. The number of allylic oxidation sites excluding steroid dienone is 4. The fourth-order valence-corrected chi connectivity index (χ4v) is 4.56. The van der Waals surface area contributed by atoms with E-state index in [9.17, 15) is 19.5 Å². The lowest BCUT2D eigenvalue weighted by Gasteiger charge is -2.26. The number of nitrogens with zero attached hydrogens (tertiary/aromatic N) is 1. The molecule has 9 nitrogen and oxygen atoms in total. The van der Waals surface area contributed by atoms with Crippen LogP contribution in [0.25, 0.3) is 0 Å².